The fourth-order valence-corrected chi connectivity index (χ4v) is 10.7. The molecule has 7 heterocycles. The number of hydrogen-bond acceptors (Lipinski definition) is 35. The van der Waals surface area contributed by atoms with Crippen LogP contribution in [0.3, 0.4) is 0 Å². The predicted octanol–water partition coefficient (Wildman–Crippen LogP) is -15.0. The van der Waals surface area contributed by atoms with E-state index < -0.39 is 266 Å². The molecular weight excluding hydrogens is 1140 g/mol. The molecule has 7 saturated heterocycles. The summed E-state index contributed by atoms with van der Waals surface area (Å²) in [6.07, 6.45) is -63.7. The van der Waals surface area contributed by atoms with E-state index in [1.165, 1.54) is 6.92 Å². The quantitative estimate of drug-likeness (QED) is 0.0538. The summed E-state index contributed by atoms with van der Waals surface area (Å²) in [5.41, 5.74) is 0. The number of carbonyl (C=O) groups excluding carboxylic acids is 2. The standard InChI is InChI=1S/C46H78N2O35/c1-10-21(57)26(62)30(66)43(71-10)80-36-18(9-54)77-42(20(48-12(3)56)37(36)81-44-31(67)27(63)22(58)13(4-49)73-44)83-39-24(60)15(6-51)74-45(33(39)69)78-34-17(8-53)76-41(19(25(34)61)47-11(2)55)82-38-23(59)14(5-50)75-46(32(38)68)79-35-16(7-52)72-40(70)29(65)28(35)64/h10,13-46,49-54,57-70H,4-9H2,1-3H3,(H,47,55)(H,48,56)/t10-,13+,14+,15+,16+,17+,18+,19+,20+,21+,22-,23-,24-,25+,26+,27-,28+,29+,30-,31+,32+,33+,34+,35+,36+,37+,38-,39-,40+,41-,42+,43-,44-,45-,46-/m0/s1. The molecule has 7 aliphatic heterocycles. The lowest BCUT2D eigenvalue weighted by atomic mass is 9.93. The van der Waals surface area contributed by atoms with Crippen molar-refractivity contribution in [1.82, 2.24) is 10.6 Å². The average Bonchev–Trinajstić information content (AvgIpc) is 3.21. The number of rotatable bonds is 20. The summed E-state index contributed by atoms with van der Waals surface area (Å²) in [6, 6.07) is -3.71. The third kappa shape index (κ3) is 14.5. The molecule has 482 valence electrons. The van der Waals surface area contributed by atoms with E-state index in [0.717, 1.165) is 13.8 Å². The summed E-state index contributed by atoms with van der Waals surface area (Å²) in [6.45, 7) is -2.89. The second-order valence-corrected chi connectivity index (χ2v) is 21.0. The zero-order valence-corrected chi connectivity index (χ0v) is 44.5. The number of aliphatic hydroxyl groups excluding tert-OH is 20. The molecule has 37 heteroatoms. The summed E-state index contributed by atoms with van der Waals surface area (Å²) in [5, 5.41) is 220. The third-order valence-electron chi connectivity index (χ3n) is 15.3. The van der Waals surface area contributed by atoms with Crippen LogP contribution >= 0.6 is 0 Å². The maximum Gasteiger partial charge on any atom is 0.217 e. The first-order valence-electron chi connectivity index (χ1n) is 26.5. The lowest BCUT2D eigenvalue weighted by Crippen LogP contribution is -2.71. The number of aliphatic hydroxyl groups is 20. The maximum atomic E-state index is 13.1. The molecule has 37 nitrogen and oxygen atoms in total. The van der Waals surface area contributed by atoms with Crippen molar-refractivity contribution < 1.29 is 173 Å². The van der Waals surface area contributed by atoms with Crippen LogP contribution in [0.5, 0.6) is 0 Å². The van der Waals surface area contributed by atoms with E-state index in [2.05, 4.69) is 10.6 Å². The van der Waals surface area contributed by atoms with Gasteiger partial charge >= 0.3 is 0 Å². The Labute approximate surface area is 470 Å². The fraction of sp³-hybridized carbons (Fsp3) is 0.957. The van der Waals surface area contributed by atoms with E-state index >= 15 is 0 Å². The van der Waals surface area contributed by atoms with Crippen molar-refractivity contribution in [3.05, 3.63) is 0 Å². The summed E-state index contributed by atoms with van der Waals surface area (Å²) < 4.78 is 75.4. The van der Waals surface area contributed by atoms with E-state index in [0.29, 0.717) is 0 Å². The van der Waals surface area contributed by atoms with Crippen LogP contribution in [-0.4, -0.2) is 368 Å². The van der Waals surface area contributed by atoms with Crippen molar-refractivity contribution >= 4 is 11.8 Å². The number of nitrogens with one attached hydrogen (secondary N) is 2. The smallest absolute Gasteiger partial charge is 0.217 e. The minimum atomic E-state index is -2.32. The molecule has 83 heavy (non-hydrogen) atoms. The van der Waals surface area contributed by atoms with Crippen LogP contribution in [0.25, 0.3) is 0 Å². The Morgan fingerprint density at radius 2 is 0.651 bits per heavy atom. The van der Waals surface area contributed by atoms with Gasteiger partial charge in [0.05, 0.1) is 45.7 Å². The van der Waals surface area contributed by atoms with Gasteiger partial charge in [-0.05, 0) is 6.92 Å². The SMILES string of the molecule is CC(=O)N[C@H]1[C@H](O[C@H]2[C@@H](O)[C@@H](CO)O[C@@H](O[C@H]3[C@H](O)[C@@H](O)[C@H](O)O[C@@H]3CO)[C@@H]2O)O[C@H](CO)[C@@H](O[C@@H]2O[C@H](CO)[C@H](O)[C@H](O[C@H]3O[C@H](CO)[C@@H](O[C@@H]4O[C@@H](C)[C@@H](O)[C@@H](O)[C@@H]4O)[C@H](O[C@@H]4O[C@H](CO)[C@H](O)[C@H](O)[C@H]4O)[C@H]3NC(C)=O)[C@H]2O)[C@@H]1O. The summed E-state index contributed by atoms with van der Waals surface area (Å²) >= 11 is 0. The van der Waals surface area contributed by atoms with Crippen LogP contribution in [-0.2, 0) is 71.2 Å². The first-order valence-corrected chi connectivity index (χ1v) is 26.5. The van der Waals surface area contributed by atoms with Crippen LogP contribution in [0.4, 0.5) is 0 Å². The molecule has 22 N–H and O–H groups in total. The molecule has 0 bridgehead atoms. The molecule has 0 aliphatic carbocycles. The van der Waals surface area contributed by atoms with Gasteiger partial charge < -0.3 is 174 Å². The molecular formula is C46H78N2O35. The van der Waals surface area contributed by atoms with E-state index in [1.54, 1.807) is 0 Å². The molecule has 2 amide bonds. The van der Waals surface area contributed by atoms with E-state index in [4.69, 9.17) is 61.6 Å². The highest BCUT2D eigenvalue weighted by molar-refractivity contribution is 5.73. The Balaban J connectivity index is 1.15. The van der Waals surface area contributed by atoms with Crippen molar-refractivity contribution in [2.24, 2.45) is 0 Å². The zero-order chi connectivity index (χ0) is 61.2. The van der Waals surface area contributed by atoms with Gasteiger partial charge in [0.1, 0.15) is 165 Å². The van der Waals surface area contributed by atoms with Gasteiger partial charge in [0.25, 0.3) is 0 Å². The summed E-state index contributed by atoms with van der Waals surface area (Å²) in [4.78, 5) is 25.8. The van der Waals surface area contributed by atoms with Gasteiger partial charge in [0.2, 0.25) is 11.8 Å². The normalized spacial score (nSPS) is 50.8. The van der Waals surface area contributed by atoms with Crippen molar-refractivity contribution in [1.29, 1.82) is 0 Å². The van der Waals surface area contributed by atoms with Crippen LogP contribution < -0.4 is 10.6 Å². The largest absolute Gasteiger partial charge is 0.394 e. The molecule has 0 aromatic heterocycles. The van der Waals surface area contributed by atoms with Crippen LogP contribution in [0.2, 0.25) is 0 Å². The van der Waals surface area contributed by atoms with Gasteiger partial charge in [0.15, 0.2) is 44.0 Å². The Bertz CT molecular complexity index is 2040. The highest BCUT2D eigenvalue weighted by atomic mass is 16.8. The first kappa shape index (κ1) is 68.1. The molecule has 7 rings (SSSR count). The lowest BCUT2D eigenvalue weighted by Gasteiger charge is -2.52. The van der Waals surface area contributed by atoms with E-state index in [-0.39, 0.29) is 0 Å². The Morgan fingerprint density at radius 1 is 0.313 bits per heavy atom. The molecule has 7 fully saturated rings. The molecule has 0 unspecified atom stereocenters. The topological polar surface area (TPSA) is 583 Å². The Kier molecular flexibility index (Phi) is 24.0. The minimum Gasteiger partial charge on any atom is -0.394 e. The average molecular weight is 1220 g/mol. The molecule has 0 spiro atoms. The molecule has 0 saturated carbocycles. The van der Waals surface area contributed by atoms with E-state index in [9.17, 15) is 112 Å². The van der Waals surface area contributed by atoms with Crippen molar-refractivity contribution in [2.75, 3.05) is 39.6 Å². The maximum absolute atomic E-state index is 13.1. The van der Waals surface area contributed by atoms with Crippen molar-refractivity contribution in [2.45, 2.75) is 236 Å². The van der Waals surface area contributed by atoms with Crippen LogP contribution in [0.15, 0.2) is 0 Å². The predicted molar refractivity (Wildman–Crippen MR) is 254 cm³/mol. The van der Waals surface area contributed by atoms with Crippen LogP contribution in [0, 0.1) is 0 Å². The summed E-state index contributed by atoms with van der Waals surface area (Å²) in [7, 11) is 0. The number of hydrogen-bond donors (Lipinski definition) is 22. The Morgan fingerprint density at radius 3 is 1.12 bits per heavy atom. The van der Waals surface area contributed by atoms with Crippen molar-refractivity contribution in [3.8, 4) is 0 Å². The van der Waals surface area contributed by atoms with Crippen molar-refractivity contribution in [3.63, 3.8) is 0 Å². The fourth-order valence-electron chi connectivity index (χ4n) is 10.7. The summed E-state index contributed by atoms with van der Waals surface area (Å²) in [5.74, 6) is -1.80. The number of amides is 2. The van der Waals surface area contributed by atoms with Gasteiger partial charge in [-0.2, -0.15) is 0 Å². The minimum absolute atomic E-state index is 0.889. The van der Waals surface area contributed by atoms with Gasteiger partial charge in [0, 0.05) is 13.8 Å². The monoisotopic (exact) mass is 1220 g/mol. The number of ether oxygens (including phenoxy) is 13. The highest BCUT2D eigenvalue weighted by Crippen LogP contribution is 2.39. The second kappa shape index (κ2) is 29.3. The molecule has 7 aliphatic rings. The molecule has 0 aromatic carbocycles. The van der Waals surface area contributed by atoms with Crippen LogP contribution in [0.1, 0.15) is 20.8 Å². The lowest BCUT2D eigenvalue weighted by molar-refractivity contribution is -0.393. The van der Waals surface area contributed by atoms with Gasteiger partial charge in [-0.15, -0.1) is 0 Å². The van der Waals surface area contributed by atoms with Gasteiger partial charge in [-0.25, -0.2) is 0 Å². The Hall–Kier alpha value is -2.38. The molecule has 0 radical (unpaired) electrons. The highest BCUT2D eigenvalue weighted by Gasteiger charge is 2.59. The van der Waals surface area contributed by atoms with Gasteiger partial charge in [-0.1, -0.05) is 0 Å². The van der Waals surface area contributed by atoms with E-state index in [1.807, 2.05) is 0 Å². The molecule has 0 aromatic rings. The third-order valence-corrected chi connectivity index (χ3v) is 15.3. The first-order chi connectivity index (χ1) is 39.2. The molecule has 35 atom stereocenters. The zero-order valence-electron chi connectivity index (χ0n) is 44.5. The number of carbonyl (C=O) groups is 2. The second-order valence-electron chi connectivity index (χ2n) is 21.0. The van der Waals surface area contributed by atoms with Gasteiger partial charge in [-0.3, -0.25) is 9.59 Å².